The van der Waals surface area contributed by atoms with Crippen LogP contribution in [0.2, 0.25) is 0 Å². The summed E-state index contributed by atoms with van der Waals surface area (Å²) >= 11 is 0. The fourth-order valence-corrected chi connectivity index (χ4v) is 5.52. The number of benzene rings is 2. The number of nitrogens with one attached hydrogen (secondary N) is 4. The van der Waals surface area contributed by atoms with Crippen LogP contribution >= 0.6 is 0 Å². The molecule has 0 aliphatic heterocycles. The van der Waals surface area contributed by atoms with Crippen molar-refractivity contribution in [3.8, 4) is 0 Å². The van der Waals surface area contributed by atoms with Gasteiger partial charge in [-0.1, -0.05) is 49.6 Å². The number of fused-ring (bicyclic) bond motifs is 1. The Morgan fingerprint density at radius 3 is 2.44 bits per heavy atom. The van der Waals surface area contributed by atoms with Gasteiger partial charge in [-0.05, 0) is 68.5 Å². The van der Waals surface area contributed by atoms with Gasteiger partial charge in [0.05, 0.1) is 6.33 Å². The van der Waals surface area contributed by atoms with E-state index in [2.05, 4.69) is 36.2 Å². The lowest BCUT2D eigenvalue weighted by atomic mass is 9.95. The van der Waals surface area contributed by atoms with Crippen molar-refractivity contribution >= 4 is 40.4 Å². The number of carbonyl (C=O) groups excluding carboxylic acids is 3. The number of imidazole rings is 1. The highest BCUT2D eigenvalue weighted by Gasteiger charge is 2.22. The highest BCUT2D eigenvalue weighted by Crippen LogP contribution is 2.20. The van der Waals surface area contributed by atoms with Crippen LogP contribution < -0.4 is 27.0 Å². The molecule has 12 nitrogen and oxygen atoms in total. The molecule has 1 atom stereocenters. The second-order valence-corrected chi connectivity index (χ2v) is 11.4. The SMILES string of the molecule is NCCCCC(NC(=O)Cn1cnc2c(NC(=O)c3ccccc3)ncnc21)C(=O)Nc1ccc(CNC2CCCCC2)cc1. The Morgan fingerprint density at radius 2 is 1.69 bits per heavy atom. The summed E-state index contributed by atoms with van der Waals surface area (Å²) in [6.45, 7) is 1.18. The first-order chi connectivity index (χ1) is 22.0. The van der Waals surface area contributed by atoms with Crippen LogP contribution in [-0.4, -0.2) is 55.9 Å². The third-order valence-corrected chi connectivity index (χ3v) is 8.00. The predicted octanol–water partition coefficient (Wildman–Crippen LogP) is 3.75. The fraction of sp³-hybridized carbons (Fsp3) is 0.394. The standard InChI is InChI=1S/C33H41N9O3/c34-18-8-7-13-27(33(45)39-26-16-14-23(15-17-26)19-35-25-11-5-2-6-12-25)40-28(43)20-42-22-38-29-30(36-21-37-31(29)42)41-32(44)24-9-3-1-4-10-24/h1,3-4,9-10,14-17,21-22,25,27,35H,2,5-8,11-13,18-20,34H2,(H,39,45)(H,40,43)(H,36,37,41,44). The minimum Gasteiger partial charge on any atom is -0.343 e. The third kappa shape index (κ3) is 8.93. The van der Waals surface area contributed by atoms with Gasteiger partial charge in [0.15, 0.2) is 17.0 Å². The smallest absolute Gasteiger partial charge is 0.256 e. The molecule has 0 bridgehead atoms. The fourth-order valence-electron chi connectivity index (χ4n) is 5.52. The molecule has 2 heterocycles. The van der Waals surface area contributed by atoms with E-state index in [1.165, 1.54) is 44.8 Å². The molecule has 12 heteroatoms. The molecule has 6 N–H and O–H groups in total. The van der Waals surface area contributed by atoms with Gasteiger partial charge in [0.25, 0.3) is 5.91 Å². The maximum atomic E-state index is 13.3. The van der Waals surface area contributed by atoms with Gasteiger partial charge in [0, 0.05) is 23.8 Å². The third-order valence-electron chi connectivity index (χ3n) is 8.00. The van der Waals surface area contributed by atoms with Crippen molar-refractivity contribution in [2.24, 2.45) is 5.73 Å². The Bertz CT molecular complexity index is 1570. The van der Waals surface area contributed by atoms with Crippen LogP contribution in [0, 0.1) is 0 Å². The number of anilines is 2. The van der Waals surface area contributed by atoms with E-state index in [0.29, 0.717) is 47.8 Å². The van der Waals surface area contributed by atoms with Gasteiger partial charge < -0.3 is 31.6 Å². The molecule has 5 rings (SSSR count). The molecular formula is C33H41N9O3. The number of hydrogen-bond acceptors (Lipinski definition) is 8. The minimum absolute atomic E-state index is 0.122. The van der Waals surface area contributed by atoms with Crippen LogP contribution in [0.15, 0.2) is 67.3 Å². The van der Waals surface area contributed by atoms with Gasteiger partial charge in [-0.15, -0.1) is 0 Å². The summed E-state index contributed by atoms with van der Waals surface area (Å²) in [5.74, 6) is -0.764. The van der Waals surface area contributed by atoms with Crippen LogP contribution in [0.5, 0.6) is 0 Å². The second-order valence-electron chi connectivity index (χ2n) is 11.4. The van der Waals surface area contributed by atoms with E-state index in [-0.39, 0.29) is 30.1 Å². The topological polar surface area (TPSA) is 169 Å². The Labute approximate surface area is 262 Å². The molecule has 2 aromatic heterocycles. The Morgan fingerprint density at radius 1 is 0.911 bits per heavy atom. The van der Waals surface area contributed by atoms with Crippen LogP contribution in [0.1, 0.15) is 67.3 Å². The molecule has 0 saturated heterocycles. The van der Waals surface area contributed by atoms with Gasteiger partial charge in [-0.2, -0.15) is 0 Å². The number of unbranched alkanes of at least 4 members (excludes halogenated alkanes) is 1. The highest BCUT2D eigenvalue weighted by atomic mass is 16.2. The van der Waals surface area contributed by atoms with Gasteiger partial charge in [0.1, 0.15) is 18.9 Å². The molecule has 1 saturated carbocycles. The maximum Gasteiger partial charge on any atom is 0.256 e. The zero-order valence-corrected chi connectivity index (χ0v) is 25.4. The molecule has 1 aliphatic rings. The first kappa shape index (κ1) is 31.7. The van der Waals surface area contributed by atoms with E-state index in [1.807, 2.05) is 30.3 Å². The van der Waals surface area contributed by atoms with Crippen molar-refractivity contribution < 1.29 is 14.4 Å². The van der Waals surface area contributed by atoms with Crippen molar-refractivity contribution in [2.75, 3.05) is 17.2 Å². The zero-order valence-electron chi connectivity index (χ0n) is 25.4. The number of rotatable bonds is 14. The number of carbonyl (C=O) groups is 3. The molecule has 45 heavy (non-hydrogen) atoms. The molecule has 236 valence electrons. The van der Waals surface area contributed by atoms with Gasteiger partial charge in [-0.3, -0.25) is 14.4 Å². The Hall–Kier alpha value is -4.68. The summed E-state index contributed by atoms with van der Waals surface area (Å²) in [5, 5.41) is 12.2. The number of amides is 3. The average molecular weight is 612 g/mol. The van der Waals surface area contributed by atoms with E-state index in [9.17, 15) is 14.4 Å². The normalized spacial score (nSPS) is 14.2. The van der Waals surface area contributed by atoms with Gasteiger partial charge >= 0.3 is 0 Å². The van der Waals surface area contributed by atoms with Gasteiger partial charge in [0.2, 0.25) is 11.8 Å². The van der Waals surface area contributed by atoms with E-state index >= 15 is 0 Å². The summed E-state index contributed by atoms with van der Waals surface area (Å²) in [7, 11) is 0. The molecule has 4 aromatic rings. The molecule has 1 fully saturated rings. The van der Waals surface area contributed by atoms with E-state index in [4.69, 9.17) is 5.73 Å². The lowest BCUT2D eigenvalue weighted by Gasteiger charge is -2.23. The van der Waals surface area contributed by atoms with E-state index < -0.39 is 6.04 Å². The lowest BCUT2D eigenvalue weighted by molar-refractivity contribution is -0.127. The lowest BCUT2D eigenvalue weighted by Crippen LogP contribution is -2.45. The largest absolute Gasteiger partial charge is 0.343 e. The van der Waals surface area contributed by atoms with Crippen molar-refractivity contribution in [2.45, 2.75) is 76.5 Å². The Balaban J connectivity index is 1.19. The first-order valence-electron chi connectivity index (χ1n) is 15.6. The summed E-state index contributed by atoms with van der Waals surface area (Å²) < 4.78 is 1.56. The van der Waals surface area contributed by atoms with Crippen molar-refractivity contribution in [3.05, 3.63) is 78.4 Å². The maximum absolute atomic E-state index is 13.3. The number of aromatic nitrogens is 4. The summed E-state index contributed by atoms with van der Waals surface area (Å²) in [6, 6.07) is 16.4. The molecule has 2 aromatic carbocycles. The summed E-state index contributed by atoms with van der Waals surface area (Å²) in [6.07, 6.45) is 11.0. The molecular weight excluding hydrogens is 570 g/mol. The van der Waals surface area contributed by atoms with Gasteiger partial charge in [-0.25, -0.2) is 15.0 Å². The van der Waals surface area contributed by atoms with Crippen molar-refractivity contribution in [3.63, 3.8) is 0 Å². The highest BCUT2D eigenvalue weighted by molar-refractivity contribution is 6.06. The average Bonchev–Trinajstić information content (AvgIpc) is 3.48. The second kappa shape index (κ2) is 15.9. The van der Waals surface area contributed by atoms with Crippen LogP contribution in [0.25, 0.3) is 11.2 Å². The van der Waals surface area contributed by atoms with E-state index in [0.717, 1.165) is 18.5 Å². The number of hydrogen-bond donors (Lipinski definition) is 5. The van der Waals surface area contributed by atoms with Crippen LogP contribution in [0.3, 0.4) is 0 Å². The monoisotopic (exact) mass is 611 g/mol. The number of nitrogens with zero attached hydrogens (tertiary/aromatic N) is 4. The molecule has 1 unspecified atom stereocenters. The van der Waals surface area contributed by atoms with Crippen LogP contribution in [-0.2, 0) is 22.7 Å². The first-order valence-corrected chi connectivity index (χ1v) is 15.6. The Kier molecular flexibility index (Phi) is 11.2. The molecule has 1 aliphatic carbocycles. The molecule has 0 spiro atoms. The van der Waals surface area contributed by atoms with Crippen molar-refractivity contribution in [1.82, 2.24) is 30.2 Å². The summed E-state index contributed by atoms with van der Waals surface area (Å²) in [5.41, 5.74) is 8.71. The quantitative estimate of drug-likeness (QED) is 0.134. The molecule has 0 radical (unpaired) electrons. The molecule has 3 amide bonds. The predicted molar refractivity (Wildman–Crippen MR) is 173 cm³/mol. The van der Waals surface area contributed by atoms with E-state index in [1.54, 1.807) is 28.8 Å². The summed E-state index contributed by atoms with van der Waals surface area (Å²) in [4.78, 5) is 51.9. The van der Waals surface area contributed by atoms with Crippen LogP contribution in [0.4, 0.5) is 11.5 Å². The minimum atomic E-state index is -0.748. The zero-order chi connectivity index (χ0) is 31.4. The number of nitrogens with two attached hydrogens (primary N) is 1. The van der Waals surface area contributed by atoms with Crippen molar-refractivity contribution in [1.29, 1.82) is 0 Å².